The maximum absolute atomic E-state index is 13.2. The fourth-order valence-electron chi connectivity index (χ4n) is 5.98. The molecule has 1 aliphatic heterocycles. The molecule has 0 aromatic heterocycles. The molecule has 1 heterocycles. The van der Waals surface area contributed by atoms with E-state index in [1.165, 1.54) is 0 Å². The highest BCUT2D eigenvalue weighted by Crippen LogP contribution is 2.43. The monoisotopic (exact) mass is 538 g/mol. The number of carbonyl (C=O) groups excluding carboxylic acids is 1. The van der Waals surface area contributed by atoms with Crippen LogP contribution in [0.2, 0.25) is 5.04 Å². The number of hydrogen-bond donors (Lipinski definition) is 1. The molecule has 0 saturated carbocycles. The summed E-state index contributed by atoms with van der Waals surface area (Å²) in [5.74, 6) is 0. The van der Waals surface area contributed by atoms with E-state index in [9.17, 15) is 9.90 Å². The van der Waals surface area contributed by atoms with Crippen molar-refractivity contribution in [3.63, 3.8) is 0 Å². The van der Waals surface area contributed by atoms with E-state index < -0.39 is 38.3 Å². The molecule has 206 valence electrons. The summed E-state index contributed by atoms with van der Waals surface area (Å²) in [4.78, 5) is 17.6. The molecule has 2 aromatic rings. The number of ether oxygens (including phenoxy) is 1. The van der Waals surface area contributed by atoms with E-state index in [0.29, 0.717) is 32.4 Å². The van der Waals surface area contributed by atoms with Crippen LogP contribution in [-0.4, -0.2) is 61.4 Å². The number of benzene rings is 2. The Bertz CT molecular complexity index is 1060. The van der Waals surface area contributed by atoms with Crippen molar-refractivity contribution in [2.24, 2.45) is 5.11 Å². The average molecular weight is 539 g/mol. The van der Waals surface area contributed by atoms with E-state index >= 15 is 0 Å². The molecule has 0 spiro atoms. The molecule has 0 aliphatic carbocycles. The molecule has 1 aliphatic rings. The van der Waals surface area contributed by atoms with Gasteiger partial charge < -0.3 is 14.3 Å². The molecule has 1 N–H and O–H groups in total. The van der Waals surface area contributed by atoms with Crippen LogP contribution in [0.4, 0.5) is 4.79 Å². The summed E-state index contributed by atoms with van der Waals surface area (Å²) in [5.41, 5.74) is 7.46. The van der Waals surface area contributed by atoms with Gasteiger partial charge in [0.25, 0.3) is 8.32 Å². The predicted molar refractivity (Wildman–Crippen MR) is 153 cm³/mol. The minimum atomic E-state index is -2.93. The largest absolute Gasteiger partial charge is 0.438 e. The molecular weight excluding hydrogens is 496 g/mol. The lowest BCUT2D eigenvalue weighted by Gasteiger charge is -2.48. The summed E-state index contributed by atoms with van der Waals surface area (Å²) >= 11 is 0. The standard InChI is InChI=1S/C29H42N4O4Si/c1-7-25(29(6)26(22(2)34)33(27(35)36-29)21-15-14-20-31-32-30)37-38(28(3,4)5,23-16-10-8-11-17-23)24-18-12-9-13-19-24/h8-13,16-19,22,25-26,34H,7,14-15,20-21H2,1-6H3/t22-,25-,26-,29-/m1/s1. The van der Waals surface area contributed by atoms with Gasteiger partial charge in [-0.1, -0.05) is 93.5 Å². The van der Waals surface area contributed by atoms with Crippen molar-refractivity contribution in [2.45, 2.75) is 89.7 Å². The molecule has 4 atom stereocenters. The van der Waals surface area contributed by atoms with Crippen LogP contribution in [0.15, 0.2) is 65.8 Å². The molecule has 0 unspecified atom stereocenters. The van der Waals surface area contributed by atoms with E-state index in [1.54, 1.807) is 11.8 Å². The Morgan fingerprint density at radius 3 is 2.13 bits per heavy atom. The summed E-state index contributed by atoms with van der Waals surface area (Å²) in [7, 11) is -2.93. The number of rotatable bonds is 12. The molecule has 2 aromatic carbocycles. The Balaban J connectivity index is 2.07. The lowest BCUT2D eigenvalue weighted by atomic mass is 9.85. The van der Waals surface area contributed by atoms with Crippen molar-refractivity contribution in [3.05, 3.63) is 71.1 Å². The first kappa shape index (κ1) is 29.7. The zero-order valence-corrected chi connectivity index (χ0v) is 24.5. The summed E-state index contributed by atoms with van der Waals surface area (Å²) in [6, 6.07) is 20.2. The Morgan fingerprint density at radius 2 is 1.68 bits per heavy atom. The van der Waals surface area contributed by atoms with Crippen LogP contribution in [0, 0.1) is 0 Å². The lowest BCUT2D eigenvalue weighted by Crippen LogP contribution is -2.70. The van der Waals surface area contributed by atoms with Gasteiger partial charge in [0.15, 0.2) is 5.60 Å². The zero-order chi connectivity index (χ0) is 28.0. The second kappa shape index (κ2) is 12.3. The van der Waals surface area contributed by atoms with Crippen molar-refractivity contribution in [1.82, 2.24) is 4.90 Å². The fourth-order valence-corrected chi connectivity index (χ4v) is 10.8. The minimum absolute atomic E-state index is 0.247. The Kier molecular flexibility index (Phi) is 9.65. The van der Waals surface area contributed by atoms with Gasteiger partial charge in [-0.05, 0) is 54.1 Å². The van der Waals surface area contributed by atoms with Crippen LogP contribution < -0.4 is 10.4 Å². The number of amides is 1. The molecule has 0 bridgehead atoms. The van der Waals surface area contributed by atoms with Gasteiger partial charge in [0.05, 0.1) is 12.2 Å². The molecule has 9 heteroatoms. The van der Waals surface area contributed by atoms with Gasteiger partial charge in [0.1, 0.15) is 6.04 Å². The topological polar surface area (TPSA) is 108 Å². The third-order valence-corrected chi connectivity index (χ3v) is 12.7. The molecule has 1 amide bonds. The number of hydrogen-bond acceptors (Lipinski definition) is 5. The third kappa shape index (κ3) is 5.76. The summed E-state index contributed by atoms with van der Waals surface area (Å²) in [5, 5.41) is 16.6. The van der Waals surface area contributed by atoms with Gasteiger partial charge in [-0.2, -0.15) is 0 Å². The van der Waals surface area contributed by atoms with Crippen LogP contribution in [-0.2, 0) is 9.16 Å². The Labute approximate surface area is 227 Å². The number of aliphatic hydroxyl groups is 1. The first-order valence-electron chi connectivity index (χ1n) is 13.5. The van der Waals surface area contributed by atoms with Crippen LogP contribution >= 0.6 is 0 Å². The number of unbranched alkanes of at least 4 members (excludes halogenated alkanes) is 1. The predicted octanol–water partition coefficient (Wildman–Crippen LogP) is 5.39. The molecule has 38 heavy (non-hydrogen) atoms. The molecule has 0 radical (unpaired) electrons. The average Bonchev–Trinajstić information content (AvgIpc) is 3.15. The number of aliphatic hydroxyl groups excluding tert-OH is 1. The first-order chi connectivity index (χ1) is 18.0. The highest BCUT2D eigenvalue weighted by molar-refractivity contribution is 6.99. The van der Waals surface area contributed by atoms with Crippen molar-refractivity contribution in [3.8, 4) is 0 Å². The van der Waals surface area contributed by atoms with Gasteiger partial charge in [-0.25, -0.2) is 4.79 Å². The highest BCUT2D eigenvalue weighted by atomic mass is 28.4. The number of carbonyl (C=O) groups is 1. The van der Waals surface area contributed by atoms with Crippen molar-refractivity contribution >= 4 is 24.8 Å². The third-order valence-electron chi connectivity index (χ3n) is 7.64. The molecule has 1 saturated heterocycles. The van der Waals surface area contributed by atoms with Gasteiger partial charge in [0, 0.05) is 18.0 Å². The van der Waals surface area contributed by atoms with Crippen molar-refractivity contribution < 1.29 is 19.1 Å². The zero-order valence-electron chi connectivity index (χ0n) is 23.5. The van der Waals surface area contributed by atoms with E-state index in [4.69, 9.17) is 14.7 Å². The molecular formula is C29H42N4O4Si. The fraction of sp³-hybridized carbons (Fsp3) is 0.552. The highest BCUT2D eigenvalue weighted by Gasteiger charge is 2.60. The quantitative estimate of drug-likeness (QED) is 0.128. The molecule has 3 rings (SSSR count). The van der Waals surface area contributed by atoms with E-state index in [0.717, 1.165) is 10.4 Å². The maximum Gasteiger partial charge on any atom is 0.410 e. The number of azide groups is 1. The Hall–Kier alpha value is -2.84. The van der Waals surface area contributed by atoms with Gasteiger partial charge in [-0.15, -0.1) is 0 Å². The van der Waals surface area contributed by atoms with E-state index in [2.05, 4.69) is 55.1 Å². The van der Waals surface area contributed by atoms with E-state index in [1.807, 2.05) is 50.2 Å². The first-order valence-corrected chi connectivity index (χ1v) is 15.4. The van der Waals surface area contributed by atoms with Crippen LogP contribution in [0.3, 0.4) is 0 Å². The van der Waals surface area contributed by atoms with Crippen LogP contribution in [0.25, 0.3) is 10.4 Å². The van der Waals surface area contributed by atoms with E-state index in [-0.39, 0.29) is 5.04 Å². The minimum Gasteiger partial charge on any atom is -0.438 e. The van der Waals surface area contributed by atoms with Gasteiger partial charge in [-0.3, -0.25) is 4.90 Å². The van der Waals surface area contributed by atoms with Crippen LogP contribution in [0.1, 0.15) is 60.8 Å². The summed E-state index contributed by atoms with van der Waals surface area (Å²) in [6.45, 7) is 13.1. The number of nitrogens with zero attached hydrogens (tertiary/aromatic N) is 4. The van der Waals surface area contributed by atoms with Crippen molar-refractivity contribution in [1.29, 1.82) is 0 Å². The van der Waals surface area contributed by atoms with Crippen molar-refractivity contribution in [2.75, 3.05) is 13.1 Å². The second-order valence-electron chi connectivity index (χ2n) is 11.3. The summed E-state index contributed by atoms with van der Waals surface area (Å²) in [6.07, 6.45) is 0.132. The van der Waals surface area contributed by atoms with Gasteiger partial charge in [0.2, 0.25) is 0 Å². The number of cyclic esters (lactones) is 1. The smallest absolute Gasteiger partial charge is 0.410 e. The maximum atomic E-state index is 13.2. The van der Waals surface area contributed by atoms with Gasteiger partial charge >= 0.3 is 6.09 Å². The normalized spacial score (nSPS) is 21.5. The second-order valence-corrected chi connectivity index (χ2v) is 15.5. The molecule has 1 fully saturated rings. The molecule has 8 nitrogen and oxygen atoms in total. The van der Waals surface area contributed by atoms with Crippen LogP contribution in [0.5, 0.6) is 0 Å². The lowest BCUT2D eigenvalue weighted by molar-refractivity contribution is -0.0764. The SMILES string of the molecule is CC[C@@H](O[Si](c1ccccc1)(c1ccccc1)C(C)(C)C)[C@@]1(C)OC(=O)N(CCCCN=[N+]=[N-])[C@@H]1[C@@H](C)O. The Morgan fingerprint density at radius 1 is 1.13 bits per heavy atom. The summed E-state index contributed by atoms with van der Waals surface area (Å²) < 4.78 is 13.6.